The van der Waals surface area contributed by atoms with Crippen LogP contribution in [0.25, 0.3) is 32.4 Å². The van der Waals surface area contributed by atoms with E-state index in [-0.39, 0.29) is 11.3 Å². The number of thioether (sulfide) groups is 1. The zero-order chi connectivity index (χ0) is 20.9. The number of para-hydroxylation sites is 2. The van der Waals surface area contributed by atoms with Crippen molar-refractivity contribution >= 4 is 56.7 Å². The fraction of sp³-hybridized carbons (Fsp3) is 0.0870. The van der Waals surface area contributed by atoms with E-state index in [2.05, 4.69) is 16.0 Å². The van der Waals surface area contributed by atoms with E-state index in [0.717, 1.165) is 21.9 Å². The van der Waals surface area contributed by atoms with Gasteiger partial charge in [-0.05, 0) is 18.2 Å². The van der Waals surface area contributed by atoms with Crippen molar-refractivity contribution in [2.45, 2.75) is 5.37 Å². The Bertz CT molecular complexity index is 1520. The summed E-state index contributed by atoms with van der Waals surface area (Å²) in [7, 11) is 0. The number of fused-ring (bicyclic) bond motifs is 2. The van der Waals surface area contributed by atoms with Gasteiger partial charge in [-0.15, -0.1) is 23.1 Å². The lowest BCUT2D eigenvalue weighted by atomic mass is 10.1. The van der Waals surface area contributed by atoms with Gasteiger partial charge in [0, 0.05) is 33.4 Å². The minimum Gasteiger partial charge on any atom is -0.422 e. The molecule has 1 unspecified atom stereocenters. The topological polar surface area (TPSA) is 79.2 Å². The molecule has 152 valence electrons. The zero-order valence-corrected chi connectivity index (χ0v) is 17.7. The number of aromatic nitrogens is 2. The van der Waals surface area contributed by atoms with E-state index in [1.807, 2.05) is 48.0 Å². The maximum Gasteiger partial charge on any atom is 0.346 e. The van der Waals surface area contributed by atoms with Gasteiger partial charge in [0.15, 0.2) is 0 Å². The molecule has 1 N–H and O–H groups in total. The summed E-state index contributed by atoms with van der Waals surface area (Å²) in [5.41, 5.74) is 2.59. The van der Waals surface area contributed by atoms with Gasteiger partial charge in [-0.2, -0.15) is 0 Å². The van der Waals surface area contributed by atoms with Gasteiger partial charge in [0.25, 0.3) is 0 Å². The highest BCUT2D eigenvalue weighted by atomic mass is 32.2. The molecule has 0 saturated carbocycles. The molecule has 6 rings (SSSR count). The Morgan fingerprint density at radius 3 is 2.87 bits per heavy atom. The van der Waals surface area contributed by atoms with Crippen molar-refractivity contribution in [2.24, 2.45) is 0 Å². The predicted octanol–water partition coefficient (Wildman–Crippen LogP) is 5.18. The van der Waals surface area contributed by atoms with Crippen molar-refractivity contribution in [3.05, 3.63) is 82.2 Å². The number of hydrogen-bond donors (Lipinski definition) is 1. The molecule has 31 heavy (non-hydrogen) atoms. The minimum atomic E-state index is -0.435. The second kappa shape index (κ2) is 7.11. The summed E-state index contributed by atoms with van der Waals surface area (Å²) in [6.45, 7) is 0. The van der Waals surface area contributed by atoms with Gasteiger partial charge in [-0.1, -0.05) is 36.4 Å². The van der Waals surface area contributed by atoms with Gasteiger partial charge < -0.3 is 9.40 Å². The third-order valence-corrected chi connectivity index (χ3v) is 7.42. The normalized spacial score (nSPS) is 16.6. The number of hydrogen-bond acceptors (Lipinski definition) is 6. The lowest BCUT2D eigenvalue weighted by Gasteiger charge is -2.21. The van der Waals surface area contributed by atoms with Crippen molar-refractivity contribution in [1.29, 1.82) is 0 Å². The summed E-state index contributed by atoms with van der Waals surface area (Å²) in [5.74, 6) is 0.940. The Hall–Kier alpha value is -3.36. The molecule has 1 atom stereocenters. The van der Waals surface area contributed by atoms with Gasteiger partial charge >= 0.3 is 5.63 Å². The van der Waals surface area contributed by atoms with E-state index >= 15 is 0 Å². The van der Waals surface area contributed by atoms with Crippen LogP contribution in [0.4, 0.5) is 5.82 Å². The van der Waals surface area contributed by atoms with Crippen LogP contribution >= 0.6 is 23.1 Å². The summed E-state index contributed by atoms with van der Waals surface area (Å²) in [4.78, 5) is 35.0. The van der Waals surface area contributed by atoms with E-state index in [0.29, 0.717) is 27.7 Å². The monoisotopic (exact) mass is 445 g/mol. The number of nitrogens with one attached hydrogen (secondary N) is 1. The number of carbonyl (C=O) groups is 1. The van der Waals surface area contributed by atoms with Crippen LogP contribution in [0.1, 0.15) is 10.9 Å². The van der Waals surface area contributed by atoms with Crippen LogP contribution in [-0.4, -0.2) is 21.6 Å². The van der Waals surface area contributed by atoms with Gasteiger partial charge in [-0.3, -0.25) is 9.69 Å². The smallest absolute Gasteiger partial charge is 0.346 e. The summed E-state index contributed by atoms with van der Waals surface area (Å²) < 4.78 is 5.45. The SMILES string of the molecule is O=C1CSC(c2c[nH]c3ccccc23)N1c1csc(-c2cc3ccccc3oc2=O)n1. The van der Waals surface area contributed by atoms with E-state index in [1.54, 1.807) is 28.8 Å². The molecule has 8 heteroatoms. The molecule has 3 aromatic heterocycles. The molecule has 0 bridgehead atoms. The number of amides is 1. The van der Waals surface area contributed by atoms with Crippen molar-refractivity contribution in [2.75, 3.05) is 10.7 Å². The highest BCUT2D eigenvalue weighted by molar-refractivity contribution is 8.00. The first-order valence-electron chi connectivity index (χ1n) is 9.67. The number of aromatic amines is 1. The lowest BCUT2D eigenvalue weighted by Crippen LogP contribution is -2.28. The standard InChI is InChI=1S/C23H15N3O3S2/c27-20-12-31-22(16-10-24-17-7-3-2-6-14(16)17)26(20)19-11-30-21(25-19)15-9-13-5-1-4-8-18(13)29-23(15)28/h1-11,22,24H,12H2. The highest BCUT2D eigenvalue weighted by Gasteiger charge is 2.37. The number of rotatable bonds is 3. The summed E-state index contributed by atoms with van der Waals surface area (Å²) in [6, 6.07) is 17.2. The first kappa shape index (κ1) is 18.4. The van der Waals surface area contributed by atoms with E-state index in [9.17, 15) is 9.59 Å². The van der Waals surface area contributed by atoms with Gasteiger partial charge in [0.05, 0.1) is 11.3 Å². The molecule has 2 aromatic carbocycles. The molecule has 0 aliphatic carbocycles. The summed E-state index contributed by atoms with van der Waals surface area (Å²) in [6.07, 6.45) is 1.96. The van der Waals surface area contributed by atoms with Gasteiger partial charge in [0.2, 0.25) is 5.91 Å². The first-order chi connectivity index (χ1) is 15.2. The van der Waals surface area contributed by atoms with Crippen LogP contribution < -0.4 is 10.5 Å². The Morgan fingerprint density at radius 2 is 1.94 bits per heavy atom. The third kappa shape index (κ3) is 2.98. The van der Waals surface area contributed by atoms with Crippen molar-refractivity contribution in [3.63, 3.8) is 0 Å². The molecule has 0 spiro atoms. The minimum absolute atomic E-state index is 0.00248. The lowest BCUT2D eigenvalue weighted by molar-refractivity contribution is -0.115. The third-order valence-electron chi connectivity index (χ3n) is 5.37. The molecular weight excluding hydrogens is 430 g/mol. The molecule has 6 nitrogen and oxygen atoms in total. The zero-order valence-electron chi connectivity index (χ0n) is 16.1. The van der Waals surface area contributed by atoms with Crippen LogP contribution in [0.15, 0.2) is 75.4 Å². The number of H-pyrrole nitrogens is 1. The summed E-state index contributed by atoms with van der Waals surface area (Å²) >= 11 is 2.91. The van der Waals surface area contributed by atoms with Crippen LogP contribution in [0.5, 0.6) is 0 Å². The molecule has 1 amide bonds. The second-order valence-electron chi connectivity index (χ2n) is 7.21. The fourth-order valence-corrected chi connectivity index (χ4v) is 5.90. The van der Waals surface area contributed by atoms with Gasteiger partial charge in [-0.25, -0.2) is 9.78 Å². The van der Waals surface area contributed by atoms with Crippen LogP contribution in [0, 0.1) is 0 Å². The van der Waals surface area contributed by atoms with Crippen molar-refractivity contribution < 1.29 is 9.21 Å². The Balaban J connectivity index is 1.42. The molecule has 0 radical (unpaired) electrons. The number of anilines is 1. The van der Waals surface area contributed by atoms with E-state index in [4.69, 9.17) is 4.42 Å². The molecule has 1 fully saturated rings. The van der Waals surface area contributed by atoms with Crippen LogP contribution in [0.2, 0.25) is 0 Å². The number of thiazole rings is 1. The molecule has 1 saturated heterocycles. The molecule has 1 aliphatic heterocycles. The predicted molar refractivity (Wildman–Crippen MR) is 125 cm³/mol. The second-order valence-corrected chi connectivity index (χ2v) is 9.14. The first-order valence-corrected chi connectivity index (χ1v) is 11.6. The van der Waals surface area contributed by atoms with Crippen LogP contribution in [-0.2, 0) is 4.79 Å². The molecular formula is C23H15N3O3S2. The molecule has 1 aliphatic rings. The Morgan fingerprint density at radius 1 is 1.10 bits per heavy atom. The summed E-state index contributed by atoms with van der Waals surface area (Å²) in [5, 5.41) is 4.11. The molecule has 5 aromatic rings. The average molecular weight is 446 g/mol. The maximum atomic E-state index is 12.8. The van der Waals surface area contributed by atoms with E-state index < -0.39 is 5.63 Å². The average Bonchev–Trinajstić information content (AvgIpc) is 3.51. The maximum absolute atomic E-state index is 12.8. The van der Waals surface area contributed by atoms with Crippen molar-refractivity contribution in [3.8, 4) is 10.6 Å². The Labute approximate surface area is 184 Å². The number of carbonyl (C=O) groups excluding carboxylic acids is 1. The highest BCUT2D eigenvalue weighted by Crippen LogP contribution is 2.44. The quantitative estimate of drug-likeness (QED) is 0.387. The fourth-order valence-electron chi connectivity index (χ4n) is 3.91. The number of benzene rings is 2. The van der Waals surface area contributed by atoms with Gasteiger partial charge in [0.1, 0.15) is 21.8 Å². The van der Waals surface area contributed by atoms with E-state index in [1.165, 1.54) is 11.3 Å². The Kier molecular flexibility index (Phi) is 4.22. The largest absolute Gasteiger partial charge is 0.422 e. The van der Waals surface area contributed by atoms with Crippen LogP contribution in [0.3, 0.4) is 0 Å². The number of nitrogens with zero attached hydrogens (tertiary/aromatic N) is 2. The van der Waals surface area contributed by atoms with Crippen molar-refractivity contribution in [1.82, 2.24) is 9.97 Å². The molecule has 4 heterocycles.